The van der Waals surface area contributed by atoms with E-state index in [-0.39, 0.29) is 11.6 Å². The van der Waals surface area contributed by atoms with Crippen LogP contribution in [0.25, 0.3) is 0 Å². The third-order valence-electron chi connectivity index (χ3n) is 1.63. The first-order valence-corrected chi connectivity index (χ1v) is 4.09. The zero-order chi connectivity index (χ0) is 9.84. The largest absolute Gasteiger partial charge is 0.497 e. The summed E-state index contributed by atoms with van der Waals surface area (Å²) >= 11 is 5.55. The fourth-order valence-corrected chi connectivity index (χ4v) is 1.19. The van der Waals surface area contributed by atoms with Crippen LogP contribution >= 0.6 is 11.6 Å². The van der Waals surface area contributed by atoms with Crippen molar-refractivity contribution in [3.63, 3.8) is 0 Å². The third kappa shape index (κ3) is 2.09. The Balaban J connectivity index is 3.15. The van der Waals surface area contributed by atoms with E-state index in [2.05, 4.69) is 0 Å². The maximum Gasteiger partial charge on any atom is 0.274 e. The number of benzene rings is 1. The molecular weight excluding hydrogens is 194 g/mol. The van der Waals surface area contributed by atoms with E-state index in [1.807, 2.05) is 0 Å². The van der Waals surface area contributed by atoms with Crippen LogP contribution in [0.15, 0.2) is 18.2 Å². The number of hydrogen-bond donors (Lipinski definition) is 0. The number of methoxy groups -OCH3 is 1. The van der Waals surface area contributed by atoms with E-state index in [4.69, 9.17) is 16.3 Å². The molecule has 0 heterocycles. The summed E-state index contributed by atoms with van der Waals surface area (Å²) in [7, 11) is 1.50. The molecule has 0 spiro atoms. The van der Waals surface area contributed by atoms with Gasteiger partial charge in [0, 0.05) is 11.6 Å². The molecule has 0 fully saturated rings. The van der Waals surface area contributed by atoms with Gasteiger partial charge in [0.25, 0.3) is 5.69 Å². The Morgan fingerprint density at radius 2 is 2.31 bits per heavy atom. The number of ether oxygens (including phenoxy) is 1. The lowest BCUT2D eigenvalue weighted by Crippen LogP contribution is -1.94. The van der Waals surface area contributed by atoms with E-state index in [9.17, 15) is 10.1 Å². The van der Waals surface area contributed by atoms with E-state index >= 15 is 0 Å². The van der Waals surface area contributed by atoms with Gasteiger partial charge in [-0.25, -0.2) is 0 Å². The van der Waals surface area contributed by atoms with Crippen molar-refractivity contribution in [2.45, 2.75) is 5.88 Å². The van der Waals surface area contributed by atoms with Gasteiger partial charge in [-0.15, -0.1) is 11.6 Å². The van der Waals surface area contributed by atoms with Crippen LogP contribution in [0.4, 0.5) is 5.69 Å². The van der Waals surface area contributed by atoms with Crippen LogP contribution in [-0.2, 0) is 5.88 Å². The Morgan fingerprint density at radius 1 is 1.62 bits per heavy atom. The first-order valence-electron chi connectivity index (χ1n) is 3.56. The Bertz CT molecular complexity index is 327. The highest BCUT2D eigenvalue weighted by molar-refractivity contribution is 6.17. The van der Waals surface area contributed by atoms with Crippen LogP contribution < -0.4 is 4.74 Å². The van der Waals surface area contributed by atoms with Crippen LogP contribution in [-0.4, -0.2) is 12.0 Å². The second-order valence-electron chi connectivity index (χ2n) is 2.39. The minimum absolute atomic E-state index is 0.0239. The summed E-state index contributed by atoms with van der Waals surface area (Å²) in [6, 6.07) is 4.48. The number of nitrogens with zero attached hydrogens (tertiary/aromatic N) is 1. The average Bonchev–Trinajstić information content (AvgIpc) is 2.16. The fourth-order valence-electron chi connectivity index (χ4n) is 0.974. The minimum atomic E-state index is -0.461. The van der Waals surface area contributed by atoms with Crippen molar-refractivity contribution < 1.29 is 9.66 Å². The third-order valence-corrected chi connectivity index (χ3v) is 1.92. The first kappa shape index (κ1) is 9.80. The van der Waals surface area contributed by atoms with E-state index in [0.717, 1.165) is 0 Å². The number of alkyl halides is 1. The van der Waals surface area contributed by atoms with Gasteiger partial charge in [0.1, 0.15) is 5.75 Å². The van der Waals surface area contributed by atoms with Gasteiger partial charge < -0.3 is 4.74 Å². The summed E-state index contributed by atoms with van der Waals surface area (Å²) in [6.45, 7) is 0. The molecule has 0 bridgehead atoms. The van der Waals surface area contributed by atoms with Crippen LogP contribution in [0.5, 0.6) is 5.75 Å². The van der Waals surface area contributed by atoms with Crippen LogP contribution in [0.3, 0.4) is 0 Å². The fraction of sp³-hybridized carbons (Fsp3) is 0.250. The van der Waals surface area contributed by atoms with E-state index < -0.39 is 4.92 Å². The molecule has 70 valence electrons. The Morgan fingerprint density at radius 3 is 2.77 bits per heavy atom. The van der Waals surface area contributed by atoms with Crippen molar-refractivity contribution in [2.24, 2.45) is 0 Å². The van der Waals surface area contributed by atoms with E-state index in [1.165, 1.54) is 19.2 Å². The zero-order valence-electron chi connectivity index (χ0n) is 6.99. The SMILES string of the molecule is COc1ccc([N+](=O)[O-])c(CCl)c1. The van der Waals surface area contributed by atoms with Gasteiger partial charge in [-0.05, 0) is 12.1 Å². The normalized spacial score (nSPS) is 9.69. The molecule has 1 aromatic carbocycles. The molecule has 5 heteroatoms. The molecular formula is C8H8ClNO3. The monoisotopic (exact) mass is 201 g/mol. The molecule has 0 saturated carbocycles. The summed E-state index contributed by atoms with van der Waals surface area (Å²) in [5.41, 5.74) is 0.488. The molecule has 0 radical (unpaired) electrons. The lowest BCUT2D eigenvalue weighted by Gasteiger charge is -2.02. The molecule has 1 rings (SSSR count). The molecule has 0 aliphatic rings. The Kier molecular flexibility index (Phi) is 3.08. The molecule has 4 nitrogen and oxygen atoms in total. The van der Waals surface area contributed by atoms with Gasteiger partial charge in [-0.3, -0.25) is 10.1 Å². The quantitative estimate of drug-likeness (QED) is 0.429. The second kappa shape index (κ2) is 4.09. The molecule has 0 N–H and O–H groups in total. The van der Waals surface area contributed by atoms with Crippen LogP contribution in [0.1, 0.15) is 5.56 Å². The number of rotatable bonds is 3. The van der Waals surface area contributed by atoms with Gasteiger partial charge in [0.05, 0.1) is 17.9 Å². The minimum Gasteiger partial charge on any atom is -0.497 e. The highest BCUT2D eigenvalue weighted by atomic mass is 35.5. The molecule has 0 aliphatic carbocycles. The van der Waals surface area contributed by atoms with Crippen molar-refractivity contribution in [2.75, 3.05) is 7.11 Å². The van der Waals surface area contributed by atoms with Crippen LogP contribution in [0.2, 0.25) is 0 Å². The molecule has 0 aliphatic heterocycles. The van der Waals surface area contributed by atoms with Gasteiger partial charge in [-0.2, -0.15) is 0 Å². The number of nitro groups is 1. The Hall–Kier alpha value is -1.29. The van der Waals surface area contributed by atoms with Crippen molar-refractivity contribution in [1.82, 2.24) is 0 Å². The predicted octanol–water partition coefficient (Wildman–Crippen LogP) is 2.34. The number of nitro benzene ring substituents is 1. The summed E-state index contributed by atoms with van der Waals surface area (Å²) in [5, 5.41) is 10.5. The maximum atomic E-state index is 10.5. The highest BCUT2D eigenvalue weighted by Crippen LogP contribution is 2.24. The lowest BCUT2D eigenvalue weighted by atomic mass is 10.2. The second-order valence-corrected chi connectivity index (χ2v) is 2.65. The average molecular weight is 202 g/mol. The standard InChI is InChI=1S/C8H8ClNO3/c1-13-7-2-3-8(10(11)12)6(4-7)5-9/h2-4H,5H2,1H3. The highest BCUT2D eigenvalue weighted by Gasteiger charge is 2.12. The van der Waals surface area contributed by atoms with E-state index in [1.54, 1.807) is 6.07 Å². The summed E-state index contributed by atoms with van der Waals surface area (Å²) < 4.78 is 4.91. The van der Waals surface area contributed by atoms with Crippen molar-refractivity contribution >= 4 is 17.3 Å². The summed E-state index contributed by atoms with van der Waals surface area (Å²) in [4.78, 5) is 10.0. The van der Waals surface area contributed by atoms with Crippen LogP contribution in [0, 0.1) is 10.1 Å². The topological polar surface area (TPSA) is 52.4 Å². The van der Waals surface area contributed by atoms with Gasteiger partial charge >= 0.3 is 0 Å². The summed E-state index contributed by atoms with van der Waals surface area (Å²) in [6.07, 6.45) is 0. The Labute approximate surface area is 80.2 Å². The van der Waals surface area contributed by atoms with Crippen molar-refractivity contribution in [1.29, 1.82) is 0 Å². The van der Waals surface area contributed by atoms with Gasteiger partial charge in [0.2, 0.25) is 0 Å². The lowest BCUT2D eigenvalue weighted by molar-refractivity contribution is -0.385. The smallest absolute Gasteiger partial charge is 0.274 e. The molecule has 13 heavy (non-hydrogen) atoms. The predicted molar refractivity (Wildman–Crippen MR) is 49.2 cm³/mol. The van der Waals surface area contributed by atoms with Crippen molar-refractivity contribution in [3.8, 4) is 5.75 Å². The van der Waals surface area contributed by atoms with Gasteiger partial charge in [-0.1, -0.05) is 0 Å². The number of hydrogen-bond acceptors (Lipinski definition) is 3. The maximum absolute atomic E-state index is 10.5. The first-order chi connectivity index (χ1) is 6.19. The van der Waals surface area contributed by atoms with Gasteiger partial charge in [0.15, 0.2) is 0 Å². The zero-order valence-corrected chi connectivity index (χ0v) is 7.75. The number of halogens is 1. The summed E-state index contributed by atoms with van der Waals surface area (Å²) in [5.74, 6) is 0.675. The van der Waals surface area contributed by atoms with Crippen molar-refractivity contribution in [3.05, 3.63) is 33.9 Å². The molecule has 0 atom stereocenters. The molecule has 0 saturated heterocycles. The van der Waals surface area contributed by atoms with E-state index in [0.29, 0.717) is 11.3 Å². The molecule has 0 amide bonds. The molecule has 0 aromatic heterocycles. The molecule has 1 aromatic rings. The molecule has 0 unspecified atom stereocenters.